The lowest BCUT2D eigenvalue weighted by atomic mass is 10.1. The summed E-state index contributed by atoms with van der Waals surface area (Å²) in [4.78, 5) is 31.3. The summed E-state index contributed by atoms with van der Waals surface area (Å²) in [7, 11) is 4.06. The Morgan fingerprint density at radius 2 is 1.82 bits per heavy atom. The number of aromatic amines is 1. The number of halogens is 1. The summed E-state index contributed by atoms with van der Waals surface area (Å²) < 4.78 is 13.7. The lowest BCUT2D eigenvalue weighted by molar-refractivity contribution is -0.123. The number of carbonyl (C=O) groups excluding carboxylic acids is 2. The molecule has 1 aliphatic rings. The van der Waals surface area contributed by atoms with Crippen LogP contribution in [0.15, 0.2) is 42.5 Å². The number of aromatic nitrogens is 1. The Morgan fingerprint density at radius 3 is 2.50 bits per heavy atom. The van der Waals surface area contributed by atoms with E-state index in [1.54, 1.807) is 13.0 Å². The maximum absolute atomic E-state index is 13.7. The van der Waals surface area contributed by atoms with Gasteiger partial charge in [0.15, 0.2) is 0 Å². The number of fused-ring (bicyclic) bond motifs is 1. The van der Waals surface area contributed by atoms with Gasteiger partial charge < -0.3 is 20.5 Å². The van der Waals surface area contributed by atoms with Crippen LogP contribution in [0.5, 0.6) is 0 Å². The third kappa shape index (κ3) is 6.03. The highest BCUT2D eigenvalue weighted by Gasteiger charge is 2.27. The Labute approximate surface area is 199 Å². The van der Waals surface area contributed by atoms with Crippen molar-refractivity contribution in [1.82, 2.24) is 20.5 Å². The molecule has 2 amide bonds. The number of benzene rings is 2. The first kappa shape index (κ1) is 24.0. The van der Waals surface area contributed by atoms with Crippen LogP contribution in [0.1, 0.15) is 52.9 Å². The van der Waals surface area contributed by atoms with E-state index in [0.717, 1.165) is 18.5 Å². The number of rotatable bonds is 10. The monoisotopic (exact) mass is 464 g/mol. The molecule has 4 rings (SSSR count). The van der Waals surface area contributed by atoms with E-state index < -0.39 is 6.04 Å². The molecule has 3 N–H and O–H groups in total. The Bertz CT molecular complexity index is 1170. The van der Waals surface area contributed by atoms with E-state index >= 15 is 0 Å². The third-order valence-electron chi connectivity index (χ3n) is 6.42. The first-order valence-corrected chi connectivity index (χ1v) is 11.9. The summed E-state index contributed by atoms with van der Waals surface area (Å²) in [5.74, 6) is -0.239. The topological polar surface area (TPSA) is 77.2 Å². The summed E-state index contributed by atoms with van der Waals surface area (Å²) in [6.45, 7) is 3.05. The van der Waals surface area contributed by atoms with E-state index in [4.69, 9.17) is 0 Å². The molecule has 0 spiro atoms. The molecule has 0 bridgehead atoms. The zero-order valence-corrected chi connectivity index (χ0v) is 20.1. The molecule has 180 valence electrons. The maximum atomic E-state index is 13.7. The van der Waals surface area contributed by atoms with Crippen molar-refractivity contribution in [3.8, 4) is 0 Å². The van der Waals surface area contributed by atoms with Crippen molar-refractivity contribution in [1.29, 1.82) is 0 Å². The number of amides is 2. The van der Waals surface area contributed by atoms with Gasteiger partial charge in [-0.2, -0.15) is 0 Å². The molecule has 1 unspecified atom stereocenters. The van der Waals surface area contributed by atoms with Gasteiger partial charge in [0.25, 0.3) is 5.91 Å². The molecular weight excluding hydrogens is 431 g/mol. The molecule has 0 saturated heterocycles. The van der Waals surface area contributed by atoms with Crippen molar-refractivity contribution in [2.24, 2.45) is 5.92 Å². The lowest BCUT2D eigenvalue weighted by Crippen LogP contribution is -2.46. The number of nitrogens with one attached hydrogen (secondary N) is 3. The van der Waals surface area contributed by atoms with Crippen molar-refractivity contribution in [3.63, 3.8) is 0 Å². The van der Waals surface area contributed by atoms with Crippen LogP contribution in [0.3, 0.4) is 0 Å². The molecular formula is C27H33FN4O2. The smallest absolute Gasteiger partial charge is 0.268 e. The standard InChI is InChI=1S/C27H33FN4O2/c1-17-22-14-21(28)11-13-23(22)30-25(17)27(34)31-24(12-10-18-4-5-18)26(33)29-15-19-6-8-20(9-7-19)16-32(2)3/h6-9,11,13-14,18,24,30H,4-5,10,12,15-16H2,1-3H3,(H,29,33)(H,31,34). The van der Waals surface area contributed by atoms with Crippen molar-refractivity contribution >= 4 is 22.7 Å². The van der Waals surface area contributed by atoms with Crippen molar-refractivity contribution in [2.75, 3.05) is 14.1 Å². The number of hydrogen-bond acceptors (Lipinski definition) is 3. The van der Waals surface area contributed by atoms with E-state index in [-0.39, 0.29) is 17.6 Å². The highest BCUT2D eigenvalue weighted by atomic mass is 19.1. The second-order valence-corrected chi connectivity index (χ2v) is 9.63. The van der Waals surface area contributed by atoms with Gasteiger partial charge in [-0.05, 0) is 74.7 Å². The Kier molecular flexibility index (Phi) is 7.32. The highest BCUT2D eigenvalue weighted by Crippen LogP contribution is 2.34. The molecule has 2 aromatic carbocycles. The highest BCUT2D eigenvalue weighted by molar-refractivity contribution is 6.02. The molecule has 1 aromatic heterocycles. The zero-order chi connectivity index (χ0) is 24.2. The zero-order valence-electron chi connectivity index (χ0n) is 20.1. The van der Waals surface area contributed by atoms with Gasteiger partial charge in [-0.3, -0.25) is 9.59 Å². The van der Waals surface area contributed by atoms with Gasteiger partial charge in [-0.25, -0.2) is 4.39 Å². The van der Waals surface area contributed by atoms with Crippen molar-refractivity contribution in [3.05, 3.63) is 70.7 Å². The number of carbonyl (C=O) groups is 2. The van der Waals surface area contributed by atoms with E-state index in [9.17, 15) is 14.0 Å². The number of aryl methyl sites for hydroxylation is 1. The minimum atomic E-state index is -0.622. The Morgan fingerprint density at radius 1 is 1.12 bits per heavy atom. The minimum absolute atomic E-state index is 0.189. The average Bonchev–Trinajstić information content (AvgIpc) is 3.58. The Hall–Kier alpha value is -3.19. The molecule has 7 heteroatoms. The van der Waals surface area contributed by atoms with Crippen LogP contribution in [-0.2, 0) is 17.9 Å². The molecule has 3 aromatic rings. The second kappa shape index (κ2) is 10.4. The molecule has 0 aliphatic heterocycles. The summed E-state index contributed by atoms with van der Waals surface area (Å²) >= 11 is 0. The van der Waals surface area contributed by atoms with Crippen LogP contribution in [0.25, 0.3) is 10.9 Å². The van der Waals surface area contributed by atoms with Gasteiger partial charge in [0.2, 0.25) is 5.91 Å². The summed E-state index contributed by atoms with van der Waals surface area (Å²) in [6, 6.07) is 11.9. The van der Waals surface area contributed by atoms with Crippen molar-refractivity contribution < 1.29 is 14.0 Å². The molecule has 34 heavy (non-hydrogen) atoms. The fourth-order valence-electron chi connectivity index (χ4n) is 4.27. The fraction of sp³-hybridized carbons (Fsp3) is 0.407. The van der Waals surface area contributed by atoms with Gasteiger partial charge in [-0.15, -0.1) is 0 Å². The van der Waals surface area contributed by atoms with E-state index in [2.05, 4.69) is 32.7 Å². The first-order valence-electron chi connectivity index (χ1n) is 11.9. The molecule has 1 fully saturated rings. The van der Waals surface area contributed by atoms with Crippen LogP contribution in [-0.4, -0.2) is 41.8 Å². The van der Waals surface area contributed by atoms with E-state index in [1.807, 2.05) is 26.2 Å². The molecule has 1 atom stereocenters. The molecule has 1 heterocycles. The number of nitrogens with zero attached hydrogens (tertiary/aromatic N) is 1. The van der Waals surface area contributed by atoms with Gasteiger partial charge in [0.05, 0.1) is 0 Å². The van der Waals surface area contributed by atoms with Gasteiger partial charge >= 0.3 is 0 Å². The second-order valence-electron chi connectivity index (χ2n) is 9.63. The van der Waals surface area contributed by atoms with E-state index in [1.165, 1.54) is 30.5 Å². The van der Waals surface area contributed by atoms with Gasteiger partial charge in [0, 0.05) is 24.0 Å². The largest absolute Gasteiger partial charge is 0.350 e. The summed E-state index contributed by atoms with van der Waals surface area (Å²) in [5, 5.41) is 6.57. The molecule has 1 aliphatic carbocycles. The molecule has 6 nitrogen and oxygen atoms in total. The quantitative estimate of drug-likeness (QED) is 0.419. The summed E-state index contributed by atoms with van der Waals surface area (Å²) in [5.41, 5.74) is 3.95. The van der Waals surface area contributed by atoms with Crippen LogP contribution in [0.4, 0.5) is 4.39 Å². The van der Waals surface area contributed by atoms with Gasteiger partial charge in [0.1, 0.15) is 17.6 Å². The molecule has 0 radical (unpaired) electrons. The molecule has 1 saturated carbocycles. The number of H-pyrrole nitrogens is 1. The van der Waals surface area contributed by atoms with Gasteiger partial charge in [-0.1, -0.05) is 37.1 Å². The summed E-state index contributed by atoms with van der Waals surface area (Å²) in [6.07, 6.45) is 3.88. The fourth-order valence-corrected chi connectivity index (χ4v) is 4.27. The van der Waals surface area contributed by atoms with Crippen LogP contribution in [0, 0.1) is 18.7 Å². The predicted molar refractivity (Wildman–Crippen MR) is 132 cm³/mol. The number of hydrogen-bond donors (Lipinski definition) is 3. The van der Waals surface area contributed by atoms with Crippen LogP contribution in [0.2, 0.25) is 0 Å². The predicted octanol–water partition coefficient (Wildman–Crippen LogP) is 4.28. The minimum Gasteiger partial charge on any atom is -0.350 e. The Balaban J connectivity index is 1.42. The van der Waals surface area contributed by atoms with E-state index in [0.29, 0.717) is 41.0 Å². The van der Waals surface area contributed by atoms with Crippen LogP contribution < -0.4 is 10.6 Å². The maximum Gasteiger partial charge on any atom is 0.268 e. The van der Waals surface area contributed by atoms with Crippen molar-refractivity contribution in [2.45, 2.75) is 51.7 Å². The first-order chi connectivity index (χ1) is 16.3. The van der Waals surface area contributed by atoms with Crippen LogP contribution >= 0.6 is 0 Å². The lowest BCUT2D eigenvalue weighted by Gasteiger charge is -2.19. The third-order valence-corrected chi connectivity index (χ3v) is 6.42. The normalized spacial score (nSPS) is 14.4. The average molecular weight is 465 g/mol. The SMILES string of the molecule is Cc1c(C(=O)NC(CCC2CC2)C(=O)NCc2ccc(CN(C)C)cc2)[nH]c2ccc(F)cc12.